The van der Waals surface area contributed by atoms with Gasteiger partial charge in [-0.05, 0) is 30.9 Å². The largest absolute Gasteiger partial charge is 0.396 e. The van der Waals surface area contributed by atoms with Gasteiger partial charge in [-0.1, -0.05) is 31.5 Å². The Morgan fingerprint density at radius 1 is 1.41 bits per heavy atom. The molecule has 0 aromatic heterocycles. The second-order valence-electron chi connectivity index (χ2n) is 4.31. The van der Waals surface area contributed by atoms with Crippen LogP contribution in [-0.2, 0) is 0 Å². The minimum absolute atomic E-state index is 0.0283. The molecular formula is C14H21NO2. The molecule has 3 heteroatoms. The van der Waals surface area contributed by atoms with Gasteiger partial charge in [-0.3, -0.25) is 4.79 Å². The Balaban J connectivity index is 2.52. The van der Waals surface area contributed by atoms with Crippen LogP contribution >= 0.6 is 0 Å². The van der Waals surface area contributed by atoms with Crippen LogP contribution in [0.25, 0.3) is 0 Å². The molecule has 17 heavy (non-hydrogen) atoms. The average Bonchev–Trinajstić information content (AvgIpc) is 2.34. The lowest BCUT2D eigenvalue weighted by atomic mass is 10.0. The van der Waals surface area contributed by atoms with Crippen LogP contribution in [0, 0.1) is 12.8 Å². The van der Waals surface area contributed by atoms with E-state index in [0.717, 1.165) is 24.0 Å². The van der Waals surface area contributed by atoms with E-state index < -0.39 is 0 Å². The monoisotopic (exact) mass is 235 g/mol. The number of amides is 1. The number of aliphatic hydroxyl groups excluding tert-OH is 1. The zero-order valence-electron chi connectivity index (χ0n) is 10.6. The SMILES string of the molecule is CCC(CCO)CNC(=O)c1ccccc1C. The van der Waals surface area contributed by atoms with Crippen molar-refractivity contribution in [1.82, 2.24) is 5.32 Å². The highest BCUT2D eigenvalue weighted by atomic mass is 16.3. The van der Waals surface area contributed by atoms with Crippen molar-refractivity contribution in [3.8, 4) is 0 Å². The first-order chi connectivity index (χ1) is 8.19. The second kappa shape index (κ2) is 7.07. The van der Waals surface area contributed by atoms with E-state index in [2.05, 4.69) is 12.2 Å². The van der Waals surface area contributed by atoms with E-state index in [0.29, 0.717) is 12.5 Å². The van der Waals surface area contributed by atoms with Crippen molar-refractivity contribution < 1.29 is 9.90 Å². The molecule has 0 saturated carbocycles. The summed E-state index contributed by atoms with van der Waals surface area (Å²) in [6.07, 6.45) is 1.71. The Kier molecular flexibility index (Phi) is 5.70. The summed E-state index contributed by atoms with van der Waals surface area (Å²) in [7, 11) is 0. The molecule has 0 spiro atoms. The predicted molar refractivity (Wildman–Crippen MR) is 69.0 cm³/mol. The van der Waals surface area contributed by atoms with Gasteiger partial charge in [0.1, 0.15) is 0 Å². The maximum Gasteiger partial charge on any atom is 0.251 e. The fourth-order valence-corrected chi connectivity index (χ4v) is 1.79. The maximum absolute atomic E-state index is 11.9. The number of rotatable bonds is 6. The van der Waals surface area contributed by atoms with Gasteiger partial charge in [0.25, 0.3) is 5.91 Å². The number of aliphatic hydroxyl groups is 1. The fraction of sp³-hybridized carbons (Fsp3) is 0.500. The van der Waals surface area contributed by atoms with Gasteiger partial charge in [0.2, 0.25) is 0 Å². The molecule has 94 valence electrons. The van der Waals surface area contributed by atoms with Crippen LogP contribution in [0.5, 0.6) is 0 Å². The van der Waals surface area contributed by atoms with Crippen molar-refractivity contribution in [3.05, 3.63) is 35.4 Å². The standard InChI is InChI=1S/C14H21NO2/c1-3-12(8-9-16)10-15-14(17)13-7-5-4-6-11(13)2/h4-7,12,16H,3,8-10H2,1-2H3,(H,15,17). The number of hydrogen-bond acceptors (Lipinski definition) is 2. The summed E-state index contributed by atoms with van der Waals surface area (Å²) in [5.74, 6) is 0.326. The van der Waals surface area contributed by atoms with Crippen LogP contribution in [0.2, 0.25) is 0 Å². The number of benzene rings is 1. The minimum atomic E-state index is -0.0283. The first-order valence-electron chi connectivity index (χ1n) is 6.13. The third-order valence-electron chi connectivity index (χ3n) is 3.06. The number of aryl methyl sites for hydroxylation is 1. The summed E-state index contributed by atoms with van der Waals surface area (Å²) >= 11 is 0. The number of carbonyl (C=O) groups is 1. The molecule has 1 aromatic rings. The molecular weight excluding hydrogens is 214 g/mol. The van der Waals surface area contributed by atoms with Crippen molar-refractivity contribution >= 4 is 5.91 Å². The van der Waals surface area contributed by atoms with Crippen molar-refractivity contribution in [3.63, 3.8) is 0 Å². The summed E-state index contributed by atoms with van der Waals surface area (Å²) < 4.78 is 0. The molecule has 2 N–H and O–H groups in total. The first-order valence-corrected chi connectivity index (χ1v) is 6.13. The van der Waals surface area contributed by atoms with Crippen LogP contribution in [0.4, 0.5) is 0 Å². The molecule has 0 fully saturated rings. The van der Waals surface area contributed by atoms with Crippen LogP contribution in [0.1, 0.15) is 35.7 Å². The average molecular weight is 235 g/mol. The lowest BCUT2D eigenvalue weighted by Crippen LogP contribution is -2.30. The first kappa shape index (κ1) is 13.7. The number of carbonyl (C=O) groups excluding carboxylic acids is 1. The molecule has 0 bridgehead atoms. The molecule has 0 aliphatic carbocycles. The van der Waals surface area contributed by atoms with Crippen LogP contribution in [-0.4, -0.2) is 24.2 Å². The van der Waals surface area contributed by atoms with E-state index in [1.807, 2.05) is 31.2 Å². The molecule has 0 aliphatic rings. The lowest BCUT2D eigenvalue weighted by Gasteiger charge is -2.14. The van der Waals surface area contributed by atoms with Crippen LogP contribution in [0.15, 0.2) is 24.3 Å². The van der Waals surface area contributed by atoms with E-state index in [4.69, 9.17) is 5.11 Å². The molecule has 0 aliphatic heterocycles. The maximum atomic E-state index is 11.9. The van der Waals surface area contributed by atoms with Crippen molar-refractivity contribution in [2.45, 2.75) is 26.7 Å². The Hall–Kier alpha value is -1.35. The molecule has 3 nitrogen and oxygen atoms in total. The zero-order valence-corrected chi connectivity index (χ0v) is 10.6. The Bertz CT molecular complexity index is 363. The molecule has 0 heterocycles. The zero-order chi connectivity index (χ0) is 12.7. The van der Waals surface area contributed by atoms with Crippen molar-refractivity contribution in [1.29, 1.82) is 0 Å². The van der Waals surface area contributed by atoms with Crippen molar-refractivity contribution in [2.24, 2.45) is 5.92 Å². The smallest absolute Gasteiger partial charge is 0.251 e. The quantitative estimate of drug-likeness (QED) is 0.793. The third kappa shape index (κ3) is 4.19. The minimum Gasteiger partial charge on any atom is -0.396 e. The van der Waals surface area contributed by atoms with Gasteiger partial charge in [0.15, 0.2) is 0 Å². The molecule has 0 radical (unpaired) electrons. The van der Waals surface area contributed by atoms with Gasteiger partial charge in [0, 0.05) is 18.7 Å². The van der Waals surface area contributed by atoms with E-state index in [9.17, 15) is 4.79 Å². The molecule has 0 saturated heterocycles. The molecule has 1 amide bonds. The summed E-state index contributed by atoms with van der Waals surface area (Å²) in [5, 5.41) is 11.8. The summed E-state index contributed by atoms with van der Waals surface area (Å²) in [5.41, 5.74) is 1.71. The van der Waals surface area contributed by atoms with E-state index >= 15 is 0 Å². The number of nitrogens with one attached hydrogen (secondary N) is 1. The topological polar surface area (TPSA) is 49.3 Å². The van der Waals surface area contributed by atoms with E-state index in [1.165, 1.54) is 0 Å². The number of hydrogen-bond donors (Lipinski definition) is 2. The highest BCUT2D eigenvalue weighted by molar-refractivity contribution is 5.95. The van der Waals surface area contributed by atoms with Gasteiger partial charge < -0.3 is 10.4 Å². The van der Waals surface area contributed by atoms with Gasteiger partial charge in [-0.25, -0.2) is 0 Å². The predicted octanol–water partition coefficient (Wildman–Crippen LogP) is 2.13. The molecule has 1 rings (SSSR count). The molecule has 1 atom stereocenters. The molecule has 1 aromatic carbocycles. The summed E-state index contributed by atoms with van der Waals surface area (Å²) in [6.45, 7) is 4.81. The van der Waals surface area contributed by atoms with Crippen LogP contribution in [0.3, 0.4) is 0 Å². The summed E-state index contributed by atoms with van der Waals surface area (Å²) in [6, 6.07) is 7.55. The van der Waals surface area contributed by atoms with E-state index in [-0.39, 0.29) is 12.5 Å². The van der Waals surface area contributed by atoms with Crippen molar-refractivity contribution in [2.75, 3.05) is 13.2 Å². The van der Waals surface area contributed by atoms with Gasteiger partial charge in [-0.15, -0.1) is 0 Å². The highest BCUT2D eigenvalue weighted by Crippen LogP contribution is 2.09. The third-order valence-corrected chi connectivity index (χ3v) is 3.06. The molecule has 1 unspecified atom stereocenters. The summed E-state index contributed by atoms with van der Waals surface area (Å²) in [4.78, 5) is 11.9. The van der Waals surface area contributed by atoms with Gasteiger partial charge >= 0.3 is 0 Å². The Morgan fingerprint density at radius 3 is 2.71 bits per heavy atom. The second-order valence-corrected chi connectivity index (χ2v) is 4.31. The lowest BCUT2D eigenvalue weighted by molar-refractivity contribution is 0.0943. The normalized spacial score (nSPS) is 12.2. The Labute approximate surface area is 103 Å². The van der Waals surface area contributed by atoms with Crippen LogP contribution < -0.4 is 5.32 Å². The highest BCUT2D eigenvalue weighted by Gasteiger charge is 2.10. The van der Waals surface area contributed by atoms with Gasteiger partial charge in [0.05, 0.1) is 0 Å². The van der Waals surface area contributed by atoms with E-state index in [1.54, 1.807) is 0 Å². The van der Waals surface area contributed by atoms with Gasteiger partial charge in [-0.2, -0.15) is 0 Å². The fourth-order valence-electron chi connectivity index (χ4n) is 1.79. The Morgan fingerprint density at radius 2 is 2.12 bits per heavy atom.